The molecule has 2 amide bonds. The van der Waals surface area contributed by atoms with Crippen LogP contribution in [-0.4, -0.2) is 43.0 Å². The summed E-state index contributed by atoms with van der Waals surface area (Å²) in [5, 5.41) is 2.76. The third-order valence-corrected chi connectivity index (χ3v) is 2.61. The zero-order valence-electron chi connectivity index (χ0n) is 12.4. The lowest BCUT2D eigenvalue weighted by molar-refractivity contribution is -0.122. The Morgan fingerprint density at radius 1 is 1.40 bits per heavy atom. The molecule has 1 N–H and O–H groups in total. The molecule has 1 aromatic heterocycles. The minimum atomic E-state index is -0.297. The summed E-state index contributed by atoms with van der Waals surface area (Å²) in [7, 11) is 1.55. The quantitative estimate of drug-likeness (QED) is 0.821. The van der Waals surface area contributed by atoms with Crippen LogP contribution in [0.25, 0.3) is 0 Å². The Labute approximate surface area is 119 Å². The molecule has 1 rings (SSSR count). The van der Waals surface area contributed by atoms with Crippen molar-refractivity contribution in [3.63, 3.8) is 0 Å². The average molecular weight is 282 g/mol. The molecule has 0 atom stereocenters. The predicted octanol–water partition coefficient (Wildman–Crippen LogP) is 1.41. The van der Waals surface area contributed by atoms with Gasteiger partial charge in [0.2, 0.25) is 5.91 Å². The Hall–Kier alpha value is -1.82. The number of carbonyl (C=O) groups is 2. The second-order valence-electron chi connectivity index (χ2n) is 4.74. The summed E-state index contributed by atoms with van der Waals surface area (Å²) < 4.78 is 10.3. The van der Waals surface area contributed by atoms with Crippen molar-refractivity contribution in [2.45, 2.75) is 33.4 Å². The van der Waals surface area contributed by atoms with Crippen molar-refractivity contribution in [2.75, 3.05) is 20.2 Å². The van der Waals surface area contributed by atoms with E-state index in [2.05, 4.69) is 5.32 Å². The smallest absolute Gasteiger partial charge is 0.290 e. The van der Waals surface area contributed by atoms with Gasteiger partial charge in [-0.2, -0.15) is 0 Å². The summed E-state index contributed by atoms with van der Waals surface area (Å²) in [6, 6.07) is 3.34. The molecule has 0 fully saturated rings. The second-order valence-corrected chi connectivity index (χ2v) is 4.74. The normalized spacial score (nSPS) is 10.7. The van der Waals surface area contributed by atoms with Crippen molar-refractivity contribution in [3.05, 3.63) is 23.7 Å². The number of ether oxygens (including phenoxy) is 1. The molecule has 0 aliphatic carbocycles. The van der Waals surface area contributed by atoms with Crippen LogP contribution in [0.3, 0.4) is 0 Å². The van der Waals surface area contributed by atoms with E-state index in [1.807, 2.05) is 20.8 Å². The molecule has 6 nitrogen and oxygen atoms in total. The summed E-state index contributed by atoms with van der Waals surface area (Å²) >= 11 is 0. The molecule has 0 saturated carbocycles. The summed E-state index contributed by atoms with van der Waals surface area (Å²) in [6.07, 6.45) is 0. The zero-order valence-corrected chi connectivity index (χ0v) is 12.4. The van der Waals surface area contributed by atoms with Crippen molar-refractivity contribution >= 4 is 11.8 Å². The average Bonchev–Trinajstić information content (AvgIpc) is 2.83. The molecule has 0 spiro atoms. The number of furan rings is 1. The van der Waals surface area contributed by atoms with Gasteiger partial charge in [0.15, 0.2) is 5.76 Å². The van der Waals surface area contributed by atoms with Crippen molar-refractivity contribution in [2.24, 2.45) is 0 Å². The van der Waals surface area contributed by atoms with E-state index in [0.717, 1.165) is 0 Å². The van der Waals surface area contributed by atoms with E-state index >= 15 is 0 Å². The van der Waals surface area contributed by atoms with Gasteiger partial charge in [0.05, 0.1) is 6.54 Å². The minimum Gasteiger partial charge on any atom is -0.453 e. The highest BCUT2D eigenvalue weighted by Gasteiger charge is 2.20. The van der Waals surface area contributed by atoms with E-state index in [1.54, 1.807) is 19.2 Å². The fraction of sp³-hybridized carbons (Fsp3) is 0.571. The van der Waals surface area contributed by atoms with Gasteiger partial charge in [-0.25, -0.2) is 0 Å². The maximum atomic E-state index is 12.2. The van der Waals surface area contributed by atoms with Gasteiger partial charge in [-0.15, -0.1) is 0 Å². The van der Waals surface area contributed by atoms with Crippen molar-refractivity contribution in [3.8, 4) is 0 Å². The van der Waals surface area contributed by atoms with Crippen LogP contribution in [0.15, 0.2) is 16.5 Å². The van der Waals surface area contributed by atoms with Crippen LogP contribution >= 0.6 is 0 Å². The Kier molecular flexibility index (Phi) is 6.24. The number of rotatable bonds is 7. The number of likely N-dealkylation sites (N-methyl/N-ethyl adjacent to an activating group) is 1. The first-order valence-corrected chi connectivity index (χ1v) is 6.64. The lowest BCUT2D eigenvalue weighted by Crippen LogP contribution is -2.42. The first-order chi connectivity index (χ1) is 9.47. The van der Waals surface area contributed by atoms with Crippen LogP contribution in [-0.2, 0) is 16.1 Å². The number of hydrogen-bond donors (Lipinski definition) is 1. The highest BCUT2D eigenvalue weighted by Crippen LogP contribution is 2.11. The fourth-order valence-electron chi connectivity index (χ4n) is 1.74. The lowest BCUT2D eigenvalue weighted by atomic mass is 10.3. The molecule has 0 saturated heterocycles. The number of nitrogens with zero attached hydrogens (tertiary/aromatic N) is 1. The van der Waals surface area contributed by atoms with E-state index in [1.165, 1.54) is 4.90 Å². The molecule has 0 aliphatic rings. The van der Waals surface area contributed by atoms with Gasteiger partial charge < -0.3 is 19.4 Å². The summed E-state index contributed by atoms with van der Waals surface area (Å²) in [5.74, 6) is 0.322. The van der Waals surface area contributed by atoms with E-state index in [0.29, 0.717) is 18.9 Å². The number of methoxy groups -OCH3 is 1. The maximum Gasteiger partial charge on any atom is 0.290 e. The third-order valence-electron chi connectivity index (χ3n) is 2.61. The van der Waals surface area contributed by atoms with Gasteiger partial charge in [-0.05, 0) is 32.9 Å². The lowest BCUT2D eigenvalue weighted by Gasteiger charge is -2.20. The molecule has 0 aliphatic heterocycles. The summed E-state index contributed by atoms with van der Waals surface area (Å²) in [4.78, 5) is 25.4. The van der Waals surface area contributed by atoms with Crippen molar-refractivity contribution < 1.29 is 18.7 Å². The van der Waals surface area contributed by atoms with Gasteiger partial charge >= 0.3 is 0 Å². The Morgan fingerprint density at radius 2 is 2.10 bits per heavy atom. The second kappa shape index (κ2) is 7.69. The van der Waals surface area contributed by atoms with E-state index in [4.69, 9.17) is 9.15 Å². The predicted molar refractivity (Wildman–Crippen MR) is 74.3 cm³/mol. The summed E-state index contributed by atoms with van der Waals surface area (Å²) in [5.41, 5.74) is 0. The van der Waals surface area contributed by atoms with Gasteiger partial charge in [0, 0.05) is 19.7 Å². The standard InChI is InChI=1S/C14H22N2O4/c1-5-16(8-13(17)15-10(2)3)14(18)12-7-6-11(20-12)9-19-4/h6-7,10H,5,8-9H2,1-4H3,(H,15,17). The van der Waals surface area contributed by atoms with Crippen molar-refractivity contribution in [1.82, 2.24) is 10.2 Å². The van der Waals surface area contributed by atoms with Gasteiger partial charge in [0.25, 0.3) is 5.91 Å². The minimum absolute atomic E-state index is 0.0217. The van der Waals surface area contributed by atoms with E-state index in [-0.39, 0.29) is 30.2 Å². The number of carbonyl (C=O) groups excluding carboxylic acids is 2. The SMILES string of the molecule is CCN(CC(=O)NC(C)C)C(=O)c1ccc(COC)o1. The largest absolute Gasteiger partial charge is 0.453 e. The van der Waals surface area contributed by atoms with Gasteiger partial charge in [-0.1, -0.05) is 0 Å². The maximum absolute atomic E-state index is 12.2. The summed E-state index contributed by atoms with van der Waals surface area (Å²) in [6.45, 7) is 6.34. The highest BCUT2D eigenvalue weighted by atomic mass is 16.5. The molecule has 6 heteroatoms. The first kappa shape index (κ1) is 16.2. The Balaban J connectivity index is 2.68. The monoisotopic (exact) mass is 282 g/mol. The van der Waals surface area contributed by atoms with E-state index < -0.39 is 0 Å². The molecule has 1 heterocycles. The molecule has 0 aromatic carbocycles. The number of nitrogens with one attached hydrogen (secondary N) is 1. The molecule has 0 unspecified atom stereocenters. The first-order valence-electron chi connectivity index (χ1n) is 6.64. The number of amides is 2. The third kappa shape index (κ3) is 4.70. The topological polar surface area (TPSA) is 71.8 Å². The van der Waals surface area contributed by atoms with Crippen LogP contribution in [0.2, 0.25) is 0 Å². The van der Waals surface area contributed by atoms with E-state index in [9.17, 15) is 9.59 Å². The molecule has 0 bridgehead atoms. The van der Waals surface area contributed by atoms with Crippen LogP contribution in [0.4, 0.5) is 0 Å². The molecule has 0 radical (unpaired) electrons. The van der Waals surface area contributed by atoms with Crippen LogP contribution in [0.1, 0.15) is 37.1 Å². The number of hydrogen-bond acceptors (Lipinski definition) is 4. The molecule has 20 heavy (non-hydrogen) atoms. The molecular formula is C14H22N2O4. The Bertz CT molecular complexity index is 454. The Morgan fingerprint density at radius 3 is 2.65 bits per heavy atom. The van der Waals surface area contributed by atoms with Crippen LogP contribution in [0, 0.1) is 0 Å². The van der Waals surface area contributed by atoms with Gasteiger partial charge in [-0.3, -0.25) is 9.59 Å². The zero-order chi connectivity index (χ0) is 15.1. The van der Waals surface area contributed by atoms with Crippen molar-refractivity contribution in [1.29, 1.82) is 0 Å². The highest BCUT2D eigenvalue weighted by molar-refractivity contribution is 5.94. The van der Waals surface area contributed by atoms with Gasteiger partial charge in [0.1, 0.15) is 12.4 Å². The molecule has 1 aromatic rings. The molecular weight excluding hydrogens is 260 g/mol. The molecule has 112 valence electrons. The van der Waals surface area contributed by atoms with Crippen LogP contribution < -0.4 is 5.32 Å². The fourth-order valence-corrected chi connectivity index (χ4v) is 1.74. The van der Waals surface area contributed by atoms with Crippen LogP contribution in [0.5, 0.6) is 0 Å².